The number of hydrogen-bond donors (Lipinski definition) is 0. The van der Waals surface area contributed by atoms with Gasteiger partial charge in [0.1, 0.15) is 0 Å². The van der Waals surface area contributed by atoms with Gasteiger partial charge in [0, 0.05) is 12.8 Å². The van der Waals surface area contributed by atoms with Gasteiger partial charge >= 0.3 is 0 Å². The van der Waals surface area contributed by atoms with Gasteiger partial charge in [-0.15, -0.1) is 0 Å². The van der Waals surface area contributed by atoms with E-state index in [0.717, 1.165) is 32.0 Å². The van der Waals surface area contributed by atoms with Gasteiger partial charge in [-0.2, -0.15) is 0 Å². The Hall–Kier alpha value is -0.0800. The monoisotopic (exact) mass is 228 g/mol. The first kappa shape index (κ1) is 14.0. The average molecular weight is 228 g/mol. The molecule has 96 valence electrons. The Morgan fingerprint density at radius 1 is 1.12 bits per heavy atom. The molecular formula is C14H28O2. The van der Waals surface area contributed by atoms with Gasteiger partial charge < -0.3 is 9.47 Å². The smallest absolute Gasteiger partial charge is 0.169 e. The molecule has 2 fully saturated rings. The molecule has 0 radical (unpaired) electrons. The topological polar surface area (TPSA) is 18.5 Å². The van der Waals surface area contributed by atoms with Crippen LogP contribution in [-0.4, -0.2) is 19.0 Å². The van der Waals surface area contributed by atoms with Gasteiger partial charge in [-0.1, -0.05) is 41.0 Å². The SMILES string of the molecule is CCC.C[C@@H]1CCC2(CC1(C)C)OCCO2. The van der Waals surface area contributed by atoms with Crippen LogP contribution < -0.4 is 0 Å². The van der Waals surface area contributed by atoms with Crippen LogP contribution in [0, 0.1) is 11.3 Å². The van der Waals surface area contributed by atoms with E-state index in [1.54, 1.807) is 0 Å². The molecule has 1 heterocycles. The molecule has 1 saturated heterocycles. The van der Waals surface area contributed by atoms with E-state index in [4.69, 9.17) is 9.47 Å². The predicted molar refractivity (Wildman–Crippen MR) is 67.4 cm³/mol. The molecule has 1 spiro atoms. The highest BCUT2D eigenvalue weighted by Gasteiger charge is 2.47. The first-order chi connectivity index (χ1) is 7.46. The summed E-state index contributed by atoms with van der Waals surface area (Å²) in [5.41, 5.74) is 0.364. The minimum Gasteiger partial charge on any atom is -0.348 e. The first-order valence-corrected chi connectivity index (χ1v) is 6.73. The summed E-state index contributed by atoms with van der Waals surface area (Å²) in [5, 5.41) is 0. The second-order valence-electron chi connectivity index (χ2n) is 5.92. The third-order valence-corrected chi connectivity index (χ3v) is 3.83. The molecule has 1 atom stereocenters. The molecule has 1 aliphatic carbocycles. The predicted octanol–water partition coefficient (Wildman–Crippen LogP) is 3.99. The van der Waals surface area contributed by atoms with Crippen LogP contribution in [0.2, 0.25) is 0 Å². The van der Waals surface area contributed by atoms with Gasteiger partial charge in [-0.25, -0.2) is 0 Å². The Morgan fingerprint density at radius 3 is 2.06 bits per heavy atom. The minimum atomic E-state index is -0.212. The summed E-state index contributed by atoms with van der Waals surface area (Å²) >= 11 is 0. The zero-order valence-corrected chi connectivity index (χ0v) is 11.6. The molecule has 0 aromatic rings. The van der Waals surface area contributed by atoms with Crippen molar-refractivity contribution >= 4 is 0 Å². The van der Waals surface area contributed by atoms with E-state index in [1.165, 1.54) is 12.8 Å². The Balaban J connectivity index is 0.000000386. The first-order valence-electron chi connectivity index (χ1n) is 6.73. The normalized spacial score (nSPS) is 30.9. The van der Waals surface area contributed by atoms with Crippen LogP contribution in [0.3, 0.4) is 0 Å². The molecule has 0 bridgehead atoms. The molecule has 2 nitrogen and oxygen atoms in total. The molecule has 2 heteroatoms. The summed E-state index contributed by atoms with van der Waals surface area (Å²) in [4.78, 5) is 0. The standard InChI is InChI=1S/C11H20O2.C3H8/c1-9-4-5-11(8-10(9,2)3)12-6-7-13-11;1-3-2/h9H,4-8H2,1-3H3;3H2,1-2H3/t9-;/m1./s1. The van der Waals surface area contributed by atoms with Gasteiger partial charge in [-0.3, -0.25) is 0 Å². The molecule has 0 N–H and O–H groups in total. The lowest BCUT2D eigenvalue weighted by atomic mass is 9.67. The summed E-state index contributed by atoms with van der Waals surface area (Å²) in [6.45, 7) is 12.8. The zero-order valence-electron chi connectivity index (χ0n) is 11.6. The van der Waals surface area contributed by atoms with Crippen molar-refractivity contribution in [2.45, 2.75) is 66.1 Å². The summed E-state index contributed by atoms with van der Waals surface area (Å²) in [6.07, 6.45) is 4.62. The van der Waals surface area contributed by atoms with Gasteiger partial charge in [0.2, 0.25) is 0 Å². The van der Waals surface area contributed by atoms with E-state index in [9.17, 15) is 0 Å². The van der Waals surface area contributed by atoms with Crippen LogP contribution in [0.15, 0.2) is 0 Å². The lowest BCUT2D eigenvalue weighted by Gasteiger charge is -2.45. The van der Waals surface area contributed by atoms with Crippen LogP contribution >= 0.6 is 0 Å². The summed E-state index contributed by atoms with van der Waals surface area (Å²) in [5.74, 6) is 0.571. The lowest BCUT2D eigenvalue weighted by molar-refractivity contribution is -0.207. The van der Waals surface area contributed by atoms with E-state index in [-0.39, 0.29) is 5.79 Å². The summed E-state index contributed by atoms with van der Waals surface area (Å²) in [7, 11) is 0. The molecule has 2 aliphatic rings. The highest BCUT2D eigenvalue weighted by Crippen LogP contribution is 2.48. The van der Waals surface area contributed by atoms with Crippen molar-refractivity contribution in [3.8, 4) is 0 Å². The van der Waals surface area contributed by atoms with Crippen molar-refractivity contribution < 1.29 is 9.47 Å². The Kier molecular flexibility index (Phi) is 4.81. The van der Waals surface area contributed by atoms with Crippen LogP contribution in [0.25, 0.3) is 0 Å². The Labute approximate surface area is 101 Å². The summed E-state index contributed by atoms with van der Waals surface area (Å²) in [6, 6.07) is 0. The maximum atomic E-state index is 5.74. The van der Waals surface area contributed by atoms with E-state index < -0.39 is 0 Å². The third kappa shape index (κ3) is 3.21. The summed E-state index contributed by atoms with van der Waals surface area (Å²) < 4.78 is 11.5. The molecule has 1 saturated carbocycles. The second-order valence-corrected chi connectivity index (χ2v) is 5.92. The van der Waals surface area contributed by atoms with Gasteiger partial charge in [-0.05, 0) is 17.8 Å². The largest absolute Gasteiger partial charge is 0.348 e. The van der Waals surface area contributed by atoms with Crippen LogP contribution in [0.4, 0.5) is 0 Å². The maximum absolute atomic E-state index is 5.74. The van der Waals surface area contributed by atoms with Crippen LogP contribution in [0.5, 0.6) is 0 Å². The highest BCUT2D eigenvalue weighted by molar-refractivity contribution is 4.91. The molecule has 2 rings (SSSR count). The molecule has 0 aromatic carbocycles. The van der Waals surface area contributed by atoms with Crippen molar-refractivity contribution in [2.24, 2.45) is 11.3 Å². The zero-order chi connectivity index (χ0) is 12.2. The average Bonchev–Trinajstić information content (AvgIpc) is 2.62. The molecule has 0 amide bonds. The molecule has 0 unspecified atom stereocenters. The van der Waals surface area contributed by atoms with Crippen molar-refractivity contribution in [2.75, 3.05) is 13.2 Å². The number of rotatable bonds is 0. The number of hydrogen-bond acceptors (Lipinski definition) is 2. The highest BCUT2D eigenvalue weighted by atomic mass is 16.7. The van der Waals surface area contributed by atoms with Crippen molar-refractivity contribution in [3.05, 3.63) is 0 Å². The fourth-order valence-electron chi connectivity index (χ4n) is 2.53. The Morgan fingerprint density at radius 2 is 1.62 bits per heavy atom. The molecule has 16 heavy (non-hydrogen) atoms. The van der Waals surface area contributed by atoms with Crippen LogP contribution in [0.1, 0.15) is 60.3 Å². The fraction of sp³-hybridized carbons (Fsp3) is 1.00. The quantitative estimate of drug-likeness (QED) is 0.624. The molecule has 0 aromatic heterocycles. The van der Waals surface area contributed by atoms with Crippen molar-refractivity contribution in [1.29, 1.82) is 0 Å². The van der Waals surface area contributed by atoms with Crippen molar-refractivity contribution in [1.82, 2.24) is 0 Å². The van der Waals surface area contributed by atoms with E-state index in [1.807, 2.05) is 0 Å². The maximum Gasteiger partial charge on any atom is 0.169 e. The van der Waals surface area contributed by atoms with E-state index in [2.05, 4.69) is 34.6 Å². The molecular weight excluding hydrogens is 200 g/mol. The van der Waals surface area contributed by atoms with Gasteiger partial charge in [0.15, 0.2) is 5.79 Å². The van der Waals surface area contributed by atoms with Gasteiger partial charge in [0.05, 0.1) is 13.2 Å². The molecule has 1 aliphatic heterocycles. The third-order valence-electron chi connectivity index (χ3n) is 3.83. The van der Waals surface area contributed by atoms with E-state index in [0.29, 0.717) is 5.41 Å². The second kappa shape index (κ2) is 5.50. The van der Waals surface area contributed by atoms with Crippen LogP contribution in [-0.2, 0) is 9.47 Å². The van der Waals surface area contributed by atoms with E-state index >= 15 is 0 Å². The van der Waals surface area contributed by atoms with Gasteiger partial charge in [0.25, 0.3) is 0 Å². The number of ether oxygens (including phenoxy) is 2. The Bertz CT molecular complexity index is 205. The lowest BCUT2D eigenvalue weighted by Crippen LogP contribution is -2.43. The van der Waals surface area contributed by atoms with Crippen molar-refractivity contribution in [3.63, 3.8) is 0 Å². The fourth-order valence-corrected chi connectivity index (χ4v) is 2.53. The minimum absolute atomic E-state index is 0.212.